The Bertz CT molecular complexity index is 382. The minimum absolute atomic E-state index is 0.101. The Balaban J connectivity index is 2.38. The third kappa shape index (κ3) is 1.77. The third-order valence-corrected chi connectivity index (χ3v) is 2.09. The molecule has 1 aromatic rings. The first kappa shape index (κ1) is 9.88. The molecule has 0 bridgehead atoms. The molecule has 80 valence electrons. The predicted octanol–water partition coefficient (Wildman–Crippen LogP) is 1.73. The molecular weight excluding hydrogens is 196 g/mol. The van der Waals surface area contributed by atoms with Crippen LogP contribution in [0.5, 0.6) is 5.75 Å². The van der Waals surface area contributed by atoms with Crippen LogP contribution in [0.1, 0.15) is 6.92 Å². The Morgan fingerprint density at radius 2 is 2.33 bits per heavy atom. The highest BCUT2D eigenvalue weighted by Crippen LogP contribution is 2.34. The van der Waals surface area contributed by atoms with Crippen LogP contribution in [0.2, 0.25) is 0 Å². The normalized spacial score (nSPS) is 23.9. The van der Waals surface area contributed by atoms with Gasteiger partial charge in [-0.15, -0.1) is 0 Å². The Morgan fingerprint density at radius 1 is 1.53 bits per heavy atom. The lowest BCUT2D eigenvalue weighted by atomic mass is 10.3. The van der Waals surface area contributed by atoms with E-state index < -0.39 is 4.76 Å². The predicted molar refractivity (Wildman–Crippen MR) is 55.6 cm³/mol. The highest BCUT2D eigenvalue weighted by molar-refractivity contribution is 5.55. The van der Waals surface area contributed by atoms with E-state index in [0.29, 0.717) is 18.0 Å². The van der Waals surface area contributed by atoms with Crippen molar-refractivity contribution < 1.29 is 4.74 Å². The van der Waals surface area contributed by atoms with E-state index in [1.165, 1.54) is 0 Å². The van der Waals surface area contributed by atoms with Crippen LogP contribution in [0.25, 0.3) is 0 Å². The smallest absolute Gasteiger partial charge is 0.204 e. The van der Waals surface area contributed by atoms with E-state index in [9.17, 15) is 5.21 Å². The molecule has 0 saturated heterocycles. The lowest BCUT2D eigenvalue weighted by Gasteiger charge is -2.29. The second kappa shape index (κ2) is 3.84. The molecule has 1 heterocycles. The summed E-state index contributed by atoms with van der Waals surface area (Å²) < 4.78 is 4.50. The molecule has 1 atom stereocenters. The minimum atomic E-state index is -0.865. The van der Waals surface area contributed by atoms with Gasteiger partial charge < -0.3 is 9.94 Å². The van der Waals surface area contributed by atoms with Gasteiger partial charge in [0, 0.05) is 6.07 Å². The van der Waals surface area contributed by atoms with Crippen molar-refractivity contribution in [1.29, 1.82) is 0 Å². The zero-order valence-electron chi connectivity index (χ0n) is 8.38. The van der Waals surface area contributed by atoms with Crippen molar-refractivity contribution in [2.24, 2.45) is 10.4 Å². The molecule has 15 heavy (non-hydrogen) atoms. The number of hydroxylamine groups is 1. The highest BCUT2D eigenvalue weighted by Gasteiger charge is 2.28. The molecule has 0 aromatic heterocycles. The first-order valence-corrected chi connectivity index (χ1v) is 4.73. The summed E-state index contributed by atoms with van der Waals surface area (Å²) in [6, 6.07) is 7.06. The van der Waals surface area contributed by atoms with E-state index in [1.807, 2.05) is 13.0 Å². The first-order valence-electron chi connectivity index (χ1n) is 4.73. The van der Waals surface area contributed by atoms with E-state index in [0.717, 1.165) is 0 Å². The van der Waals surface area contributed by atoms with Crippen molar-refractivity contribution in [3.8, 4) is 5.75 Å². The average molecular weight is 208 g/mol. The zero-order chi connectivity index (χ0) is 10.7. The maximum absolute atomic E-state index is 12.1. The summed E-state index contributed by atoms with van der Waals surface area (Å²) in [6.45, 7) is 2.49. The van der Waals surface area contributed by atoms with Gasteiger partial charge in [0.05, 0.1) is 11.8 Å². The van der Waals surface area contributed by atoms with Crippen molar-refractivity contribution in [2.75, 3.05) is 13.3 Å². The van der Waals surface area contributed by atoms with E-state index in [1.54, 1.807) is 18.2 Å². The summed E-state index contributed by atoms with van der Waals surface area (Å²) in [5.74, 6) is 0.553. The number of benzene rings is 1. The van der Waals surface area contributed by atoms with E-state index in [4.69, 9.17) is 4.74 Å². The van der Waals surface area contributed by atoms with Crippen LogP contribution in [-0.2, 0) is 0 Å². The number of hydrogen-bond acceptors (Lipinski definition) is 5. The van der Waals surface area contributed by atoms with Gasteiger partial charge in [-0.25, -0.2) is 5.43 Å². The summed E-state index contributed by atoms with van der Waals surface area (Å²) >= 11 is 0. The van der Waals surface area contributed by atoms with Gasteiger partial charge in [0.25, 0.3) is 0 Å². The molecule has 1 N–H and O–H groups in total. The van der Waals surface area contributed by atoms with Crippen LogP contribution in [0.15, 0.2) is 34.7 Å². The van der Waals surface area contributed by atoms with Crippen LogP contribution >= 0.6 is 0 Å². The van der Waals surface area contributed by atoms with E-state index in [2.05, 4.69) is 15.9 Å². The van der Waals surface area contributed by atoms with Gasteiger partial charge in [-0.2, -0.15) is 4.76 Å². The van der Waals surface area contributed by atoms with Crippen molar-refractivity contribution in [2.45, 2.75) is 6.92 Å². The Labute approximate surface area is 87.3 Å². The Hall–Kier alpha value is -1.66. The fraction of sp³-hybridized carbons (Fsp3) is 0.333. The maximum atomic E-state index is 12.1. The van der Waals surface area contributed by atoms with Gasteiger partial charge in [0.2, 0.25) is 5.69 Å². The topological polar surface area (TPSA) is 69.0 Å². The fourth-order valence-electron chi connectivity index (χ4n) is 1.42. The summed E-state index contributed by atoms with van der Waals surface area (Å²) in [7, 11) is 0. The fourth-order valence-corrected chi connectivity index (χ4v) is 1.42. The molecule has 6 heteroatoms. The molecule has 0 radical (unpaired) electrons. The van der Waals surface area contributed by atoms with Crippen molar-refractivity contribution in [1.82, 2.24) is 10.2 Å². The van der Waals surface area contributed by atoms with E-state index >= 15 is 0 Å². The molecule has 0 amide bonds. The quantitative estimate of drug-likeness (QED) is 0.607. The average Bonchev–Trinajstić information content (AvgIpc) is 2.68. The zero-order valence-corrected chi connectivity index (χ0v) is 8.38. The molecule has 0 spiro atoms. The van der Waals surface area contributed by atoms with Crippen LogP contribution < -0.4 is 14.9 Å². The Morgan fingerprint density at radius 3 is 3.00 bits per heavy atom. The summed E-state index contributed by atoms with van der Waals surface area (Å²) in [5.41, 5.74) is 3.01. The number of quaternary nitrogens is 1. The molecule has 1 aromatic carbocycles. The van der Waals surface area contributed by atoms with Crippen LogP contribution in [0.4, 0.5) is 5.69 Å². The van der Waals surface area contributed by atoms with Gasteiger partial charge in [-0.3, -0.25) is 0 Å². The third-order valence-electron chi connectivity index (χ3n) is 2.09. The Kier molecular flexibility index (Phi) is 2.53. The summed E-state index contributed by atoms with van der Waals surface area (Å²) in [5, 5.41) is 19.2. The summed E-state index contributed by atoms with van der Waals surface area (Å²) in [6.07, 6.45) is 0. The van der Waals surface area contributed by atoms with Crippen LogP contribution in [0, 0.1) is 5.21 Å². The standard InChI is InChI=1S/C9H12N4O2/c1-2-15-9-6-4-3-5-8(9)13(14)7-10-11-12-13/h3-6H,2,7H2,1H3,(H,10,12). The highest BCUT2D eigenvalue weighted by atomic mass is 16.6. The number of rotatable bonds is 3. The number of nitrogens with zero attached hydrogens (tertiary/aromatic N) is 3. The molecule has 6 nitrogen and oxygen atoms in total. The number of ether oxygens (including phenoxy) is 1. The molecule has 0 fully saturated rings. The molecule has 1 aliphatic rings. The molecule has 1 unspecified atom stereocenters. The van der Waals surface area contributed by atoms with Gasteiger partial charge in [0.15, 0.2) is 12.4 Å². The second-order valence-electron chi connectivity index (χ2n) is 3.11. The molecule has 2 rings (SSSR count). The lowest BCUT2D eigenvalue weighted by molar-refractivity contribution is 0.322. The van der Waals surface area contributed by atoms with Crippen molar-refractivity contribution in [3.05, 3.63) is 29.5 Å². The van der Waals surface area contributed by atoms with Gasteiger partial charge in [0.1, 0.15) is 0 Å². The summed E-state index contributed by atoms with van der Waals surface area (Å²) in [4.78, 5) is 0. The second-order valence-corrected chi connectivity index (χ2v) is 3.11. The van der Waals surface area contributed by atoms with Crippen molar-refractivity contribution >= 4 is 5.69 Å². The molecule has 1 aliphatic heterocycles. The minimum Gasteiger partial charge on any atom is -0.596 e. The SMILES string of the molecule is CCOc1ccccc1[N+]1([O-])CNN=N1. The van der Waals surface area contributed by atoms with Crippen LogP contribution in [-0.4, -0.2) is 13.3 Å². The lowest BCUT2D eigenvalue weighted by Crippen LogP contribution is -2.38. The monoisotopic (exact) mass is 208 g/mol. The van der Waals surface area contributed by atoms with E-state index in [-0.39, 0.29) is 6.67 Å². The van der Waals surface area contributed by atoms with Gasteiger partial charge in [-0.1, -0.05) is 12.1 Å². The number of hydrogen-bond donors (Lipinski definition) is 1. The number of nitrogens with one attached hydrogen (secondary N) is 1. The number of para-hydroxylation sites is 2. The van der Waals surface area contributed by atoms with Gasteiger partial charge >= 0.3 is 0 Å². The van der Waals surface area contributed by atoms with Gasteiger partial charge in [-0.05, 0) is 18.2 Å². The van der Waals surface area contributed by atoms with Crippen LogP contribution in [0.3, 0.4) is 0 Å². The van der Waals surface area contributed by atoms with Crippen molar-refractivity contribution in [3.63, 3.8) is 0 Å². The molecule has 0 aliphatic carbocycles. The first-order chi connectivity index (χ1) is 7.26. The maximum Gasteiger partial charge on any atom is 0.204 e. The molecular formula is C9H12N4O2. The molecule has 0 saturated carbocycles. The largest absolute Gasteiger partial charge is 0.596 e.